The van der Waals surface area contributed by atoms with E-state index in [1.54, 1.807) is 47.5 Å². The minimum atomic E-state index is -0.266. The highest BCUT2D eigenvalue weighted by atomic mass is 16.3. The second-order valence-corrected chi connectivity index (χ2v) is 6.63. The number of hydrogen-bond acceptors (Lipinski definition) is 4. The van der Waals surface area contributed by atoms with E-state index in [2.05, 4.69) is 21.3 Å². The number of nitrogens with zero attached hydrogens (tertiary/aromatic N) is 3. The van der Waals surface area contributed by atoms with Gasteiger partial charge in [0.15, 0.2) is 11.4 Å². The highest BCUT2D eigenvalue weighted by Gasteiger charge is 2.19. The van der Waals surface area contributed by atoms with Crippen molar-refractivity contribution in [3.63, 3.8) is 0 Å². The lowest BCUT2D eigenvalue weighted by Gasteiger charge is -2.10. The molecule has 0 radical (unpaired) electrons. The van der Waals surface area contributed by atoms with Crippen LogP contribution in [0.4, 0.5) is 5.69 Å². The van der Waals surface area contributed by atoms with Crippen molar-refractivity contribution in [2.24, 2.45) is 0 Å². The van der Waals surface area contributed by atoms with Gasteiger partial charge in [-0.3, -0.25) is 4.79 Å². The van der Waals surface area contributed by atoms with Crippen molar-refractivity contribution < 1.29 is 9.21 Å². The van der Waals surface area contributed by atoms with E-state index in [-0.39, 0.29) is 11.9 Å². The maximum atomic E-state index is 13.1. The van der Waals surface area contributed by atoms with Crippen LogP contribution in [-0.2, 0) is 0 Å². The van der Waals surface area contributed by atoms with Gasteiger partial charge in [-0.1, -0.05) is 12.0 Å². The molecule has 0 aliphatic rings. The zero-order valence-electron chi connectivity index (χ0n) is 15.5. The van der Waals surface area contributed by atoms with E-state index in [4.69, 9.17) is 10.8 Å². The molecule has 28 heavy (non-hydrogen) atoms. The number of benzene rings is 1. The van der Waals surface area contributed by atoms with Gasteiger partial charge >= 0.3 is 0 Å². The molecule has 1 N–H and O–H groups in total. The monoisotopic (exact) mass is 370 g/mol. The van der Waals surface area contributed by atoms with Crippen LogP contribution in [0.15, 0.2) is 59.3 Å². The molecule has 1 aromatic carbocycles. The van der Waals surface area contributed by atoms with Crippen LogP contribution >= 0.6 is 0 Å². The molecular weight excluding hydrogens is 352 g/mol. The molecule has 0 fully saturated rings. The van der Waals surface area contributed by atoms with Crippen molar-refractivity contribution in [2.45, 2.75) is 19.9 Å². The molecule has 0 saturated heterocycles. The molecule has 3 aromatic heterocycles. The van der Waals surface area contributed by atoms with Crippen molar-refractivity contribution in [1.82, 2.24) is 14.8 Å². The Hall–Kier alpha value is -3.85. The molecule has 138 valence electrons. The molecule has 0 atom stereocenters. The number of anilines is 1. The van der Waals surface area contributed by atoms with Crippen LogP contribution in [0, 0.1) is 12.3 Å². The fraction of sp³-hybridized carbons (Fsp3) is 0.136. The third kappa shape index (κ3) is 3.14. The third-order valence-corrected chi connectivity index (χ3v) is 4.36. The number of furan rings is 1. The van der Waals surface area contributed by atoms with E-state index in [0.717, 1.165) is 0 Å². The van der Waals surface area contributed by atoms with Crippen molar-refractivity contribution in [3.05, 3.63) is 66.1 Å². The van der Waals surface area contributed by atoms with Gasteiger partial charge in [0.2, 0.25) is 0 Å². The fourth-order valence-electron chi connectivity index (χ4n) is 3.02. The van der Waals surface area contributed by atoms with Crippen LogP contribution in [0.5, 0.6) is 0 Å². The van der Waals surface area contributed by atoms with E-state index in [0.29, 0.717) is 39.3 Å². The summed E-state index contributed by atoms with van der Waals surface area (Å²) in [5, 5.41) is 7.99. The van der Waals surface area contributed by atoms with E-state index in [9.17, 15) is 4.79 Å². The third-order valence-electron chi connectivity index (χ3n) is 4.36. The second-order valence-electron chi connectivity index (χ2n) is 6.63. The van der Waals surface area contributed by atoms with Gasteiger partial charge in [-0.05, 0) is 50.2 Å². The lowest BCUT2D eigenvalue weighted by Crippen LogP contribution is -2.13. The number of carbonyl (C=O) groups is 1. The number of hydrogen-bond donors (Lipinski definition) is 1. The second kappa shape index (κ2) is 7.05. The first-order chi connectivity index (χ1) is 13.6. The minimum Gasteiger partial charge on any atom is -0.463 e. The molecule has 0 unspecified atom stereocenters. The smallest absolute Gasteiger partial charge is 0.256 e. The first kappa shape index (κ1) is 17.6. The van der Waals surface area contributed by atoms with Crippen LogP contribution < -0.4 is 5.32 Å². The molecule has 6 nitrogen and oxygen atoms in total. The molecule has 6 heteroatoms. The lowest BCUT2D eigenvalue weighted by molar-refractivity contribution is 0.102. The molecule has 4 rings (SSSR count). The number of fused-ring (bicyclic) bond motifs is 1. The van der Waals surface area contributed by atoms with Crippen molar-refractivity contribution in [3.8, 4) is 23.8 Å². The maximum Gasteiger partial charge on any atom is 0.256 e. The average molecular weight is 370 g/mol. The Bertz CT molecular complexity index is 1200. The molecule has 0 saturated carbocycles. The van der Waals surface area contributed by atoms with Gasteiger partial charge in [-0.25, -0.2) is 9.67 Å². The Kier molecular flexibility index (Phi) is 4.42. The number of carbonyl (C=O) groups excluding carboxylic acids is 1. The van der Waals surface area contributed by atoms with E-state index < -0.39 is 0 Å². The zero-order chi connectivity index (χ0) is 19.7. The predicted molar refractivity (Wildman–Crippen MR) is 108 cm³/mol. The molecule has 4 aromatic rings. The van der Waals surface area contributed by atoms with Gasteiger partial charge in [0.25, 0.3) is 5.91 Å². The van der Waals surface area contributed by atoms with E-state index in [1.165, 1.54) is 0 Å². The number of amides is 1. The van der Waals surface area contributed by atoms with Gasteiger partial charge in [0.05, 0.1) is 23.4 Å². The van der Waals surface area contributed by atoms with Gasteiger partial charge in [-0.2, -0.15) is 5.10 Å². The van der Waals surface area contributed by atoms with Gasteiger partial charge < -0.3 is 9.73 Å². The van der Waals surface area contributed by atoms with Crippen LogP contribution in [0.25, 0.3) is 22.5 Å². The lowest BCUT2D eigenvalue weighted by atomic mass is 10.1. The summed E-state index contributed by atoms with van der Waals surface area (Å²) < 4.78 is 7.27. The number of nitrogens with one attached hydrogen (secondary N) is 1. The van der Waals surface area contributed by atoms with Crippen LogP contribution in [0.1, 0.15) is 35.8 Å². The Morgan fingerprint density at radius 2 is 2.11 bits per heavy atom. The number of rotatable bonds is 4. The van der Waals surface area contributed by atoms with Crippen LogP contribution in [0.2, 0.25) is 0 Å². The molecule has 0 bridgehead atoms. The Labute approximate surface area is 162 Å². The van der Waals surface area contributed by atoms with E-state index >= 15 is 0 Å². The Morgan fingerprint density at radius 1 is 1.25 bits per heavy atom. The summed E-state index contributed by atoms with van der Waals surface area (Å²) in [6.07, 6.45) is 8.69. The van der Waals surface area contributed by atoms with Crippen LogP contribution in [0.3, 0.4) is 0 Å². The van der Waals surface area contributed by atoms with Crippen LogP contribution in [-0.4, -0.2) is 20.7 Å². The molecular formula is C22H18N4O2. The summed E-state index contributed by atoms with van der Waals surface area (Å²) >= 11 is 0. The van der Waals surface area contributed by atoms with E-state index in [1.807, 2.05) is 26.0 Å². The largest absolute Gasteiger partial charge is 0.463 e. The van der Waals surface area contributed by atoms with Gasteiger partial charge in [-0.15, -0.1) is 6.42 Å². The quantitative estimate of drug-likeness (QED) is 0.537. The van der Waals surface area contributed by atoms with Crippen molar-refractivity contribution in [1.29, 1.82) is 0 Å². The topological polar surface area (TPSA) is 73.0 Å². The predicted octanol–water partition coefficient (Wildman–Crippen LogP) is 4.51. The fourth-order valence-corrected chi connectivity index (χ4v) is 3.02. The minimum absolute atomic E-state index is 0.0973. The van der Waals surface area contributed by atoms with Gasteiger partial charge in [0, 0.05) is 17.3 Å². The SMILES string of the molecule is C#Cc1cccc(NC(=O)c2cc(-c3ccco3)nc3c2cnn3C(C)C)c1. The number of pyridine rings is 1. The first-order valence-corrected chi connectivity index (χ1v) is 8.87. The molecule has 0 aliphatic carbocycles. The number of aromatic nitrogens is 3. The summed E-state index contributed by atoms with van der Waals surface area (Å²) in [6.45, 7) is 4.03. The van der Waals surface area contributed by atoms with Crippen molar-refractivity contribution >= 4 is 22.6 Å². The first-order valence-electron chi connectivity index (χ1n) is 8.87. The highest BCUT2D eigenvalue weighted by molar-refractivity contribution is 6.12. The standard InChI is InChI=1S/C22H18N4O2/c1-4-15-7-5-8-16(11-15)24-22(27)17-12-19(20-9-6-10-28-20)25-21-18(17)13-23-26(21)14(2)3/h1,5-14H,2-3H3,(H,24,27). The molecule has 0 aliphatic heterocycles. The summed E-state index contributed by atoms with van der Waals surface area (Å²) in [4.78, 5) is 17.7. The summed E-state index contributed by atoms with van der Waals surface area (Å²) in [5.41, 5.74) is 2.99. The molecule has 1 amide bonds. The average Bonchev–Trinajstić information content (AvgIpc) is 3.37. The Morgan fingerprint density at radius 3 is 2.82 bits per heavy atom. The zero-order valence-corrected chi connectivity index (χ0v) is 15.5. The van der Waals surface area contributed by atoms with Gasteiger partial charge in [0.1, 0.15) is 5.69 Å². The normalized spacial score (nSPS) is 10.9. The maximum absolute atomic E-state index is 13.1. The molecule has 3 heterocycles. The molecule has 0 spiro atoms. The summed E-state index contributed by atoms with van der Waals surface area (Å²) in [7, 11) is 0. The summed E-state index contributed by atoms with van der Waals surface area (Å²) in [5.74, 6) is 2.89. The Balaban J connectivity index is 1.82. The highest BCUT2D eigenvalue weighted by Crippen LogP contribution is 2.27. The number of terminal acetylenes is 1. The van der Waals surface area contributed by atoms with Crippen molar-refractivity contribution in [2.75, 3.05) is 5.32 Å². The summed E-state index contributed by atoms with van der Waals surface area (Å²) in [6, 6.07) is 12.6.